The van der Waals surface area contributed by atoms with Gasteiger partial charge in [0, 0.05) is 12.1 Å². The molecule has 2 aromatic rings. The molecular formula is C22H17BrN2O5S2. The predicted molar refractivity (Wildman–Crippen MR) is 128 cm³/mol. The number of ether oxygens (including phenoxy) is 2. The molecule has 1 heterocycles. The Kier molecular flexibility index (Phi) is 7.90. The zero-order valence-electron chi connectivity index (χ0n) is 16.8. The van der Waals surface area contributed by atoms with Gasteiger partial charge in [0.2, 0.25) is 0 Å². The van der Waals surface area contributed by atoms with Crippen molar-refractivity contribution < 1.29 is 24.2 Å². The Morgan fingerprint density at radius 2 is 2.12 bits per heavy atom. The topological polar surface area (TPSA) is 99.9 Å². The molecule has 0 aliphatic carbocycles. The van der Waals surface area contributed by atoms with E-state index in [-0.39, 0.29) is 25.5 Å². The zero-order valence-corrected chi connectivity index (χ0v) is 20.1. The molecule has 2 aromatic carbocycles. The van der Waals surface area contributed by atoms with Gasteiger partial charge in [0.1, 0.15) is 10.9 Å². The smallest absolute Gasteiger partial charge is 0.305 e. The molecule has 10 heteroatoms. The SMILES string of the molecule is COc1cc(/C=C2/SC(=S)N(CCC(=O)O)C2=O)cc(Br)c1OCc1ccccc1C#N. The Morgan fingerprint density at radius 1 is 1.38 bits per heavy atom. The van der Waals surface area contributed by atoms with Crippen LogP contribution >= 0.6 is 39.9 Å². The maximum absolute atomic E-state index is 12.6. The molecule has 0 aromatic heterocycles. The van der Waals surface area contributed by atoms with Gasteiger partial charge in [-0.15, -0.1) is 0 Å². The molecule has 1 saturated heterocycles. The number of methoxy groups -OCH3 is 1. The zero-order chi connectivity index (χ0) is 23.3. The van der Waals surface area contributed by atoms with Crippen LogP contribution in [0.1, 0.15) is 23.1 Å². The number of carboxylic acids is 1. The monoisotopic (exact) mass is 532 g/mol. The van der Waals surface area contributed by atoms with Gasteiger partial charge in [-0.05, 0) is 45.8 Å². The lowest BCUT2D eigenvalue weighted by Gasteiger charge is -2.14. The Balaban J connectivity index is 1.82. The van der Waals surface area contributed by atoms with E-state index in [4.69, 9.17) is 26.8 Å². The van der Waals surface area contributed by atoms with Crippen LogP contribution in [0.3, 0.4) is 0 Å². The second-order valence-electron chi connectivity index (χ2n) is 6.57. The Hall–Kier alpha value is -2.87. The third-order valence-electron chi connectivity index (χ3n) is 4.48. The second kappa shape index (κ2) is 10.6. The molecule has 3 rings (SSSR count). The summed E-state index contributed by atoms with van der Waals surface area (Å²) in [4.78, 5) is 25.1. The molecule has 0 radical (unpaired) electrons. The van der Waals surface area contributed by atoms with Gasteiger partial charge < -0.3 is 14.6 Å². The molecular weight excluding hydrogens is 516 g/mol. The number of benzene rings is 2. The molecule has 0 atom stereocenters. The number of thiocarbonyl (C=S) groups is 1. The van der Waals surface area contributed by atoms with E-state index in [1.807, 2.05) is 12.1 Å². The number of nitriles is 1. The first-order valence-corrected chi connectivity index (χ1v) is 11.3. The van der Waals surface area contributed by atoms with Gasteiger partial charge in [-0.25, -0.2) is 0 Å². The van der Waals surface area contributed by atoms with Crippen molar-refractivity contribution in [2.75, 3.05) is 13.7 Å². The third kappa shape index (κ3) is 5.48. The third-order valence-corrected chi connectivity index (χ3v) is 6.45. The lowest BCUT2D eigenvalue weighted by molar-refractivity contribution is -0.137. The van der Waals surface area contributed by atoms with Crippen molar-refractivity contribution in [3.05, 3.63) is 62.5 Å². The van der Waals surface area contributed by atoms with Gasteiger partial charge in [-0.3, -0.25) is 14.5 Å². The van der Waals surface area contributed by atoms with Crippen molar-refractivity contribution in [1.29, 1.82) is 5.26 Å². The van der Waals surface area contributed by atoms with E-state index in [1.165, 1.54) is 12.0 Å². The molecule has 0 bridgehead atoms. The number of nitrogens with zero attached hydrogens (tertiary/aromatic N) is 2. The molecule has 1 N–H and O–H groups in total. The first-order valence-electron chi connectivity index (χ1n) is 9.29. The van der Waals surface area contributed by atoms with Crippen LogP contribution in [0.5, 0.6) is 11.5 Å². The molecule has 1 fully saturated rings. The lowest BCUT2D eigenvalue weighted by Crippen LogP contribution is -2.30. The van der Waals surface area contributed by atoms with Crippen molar-refractivity contribution in [1.82, 2.24) is 4.90 Å². The molecule has 0 spiro atoms. The molecule has 32 heavy (non-hydrogen) atoms. The first kappa shape index (κ1) is 23.8. The highest BCUT2D eigenvalue weighted by molar-refractivity contribution is 9.10. The van der Waals surface area contributed by atoms with Gasteiger partial charge in [-0.2, -0.15) is 5.26 Å². The summed E-state index contributed by atoms with van der Waals surface area (Å²) in [5, 5.41) is 18.1. The number of halogens is 1. The van der Waals surface area contributed by atoms with Crippen molar-refractivity contribution in [3.8, 4) is 17.6 Å². The predicted octanol–water partition coefficient (Wildman–Crippen LogP) is 4.58. The van der Waals surface area contributed by atoms with Crippen molar-refractivity contribution in [2.24, 2.45) is 0 Å². The summed E-state index contributed by atoms with van der Waals surface area (Å²) < 4.78 is 12.3. The minimum atomic E-state index is -0.996. The number of carbonyl (C=O) groups excluding carboxylic acids is 1. The van der Waals surface area contributed by atoms with Crippen molar-refractivity contribution in [3.63, 3.8) is 0 Å². The Labute approximate surface area is 202 Å². The second-order valence-corrected chi connectivity index (χ2v) is 9.10. The lowest BCUT2D eigenvalue weighted by atomic mass is 10.1. The Morgan fingerprint density at radius 3 is 2.81 bits per heavy atom. The summed E-state index contributed by atoms with van der Waals surface area (Å²) >= 11 is 9.82. The molecule has 164 valence electrons. The fraction of sp³-hybridized carbons (Fsp3) is 0.182. The molecule has 0 unspecified atom stereocenters. The fourth-order valence-electron chi connectivity index (χ4n) is 2.92. The van der Waals surface area contributed by atoms with Gasteiger partial charge in [0.15, 0.2) is 11.5 Å². The highest BCUT2D eigenvalue weighted by Crippen LogP contribution is 2.39. The van der Waals surface area contributed by atoms with Gasteiger partial charge in [0.25, 0.3) is 5.91 Å². The molecule has 7 nitrogen and oxygen atoms in total. The number of hydrogen-bond donors (Lipinski definition) is 1. The molecule has 1 aliphatic heterocycles. The average Bonchev–Trinajstić information content (AvgIpc) is 3.03. The van der Waals surface area contributed by atoms with Crippen LogP contribution < -0.4 is 9.47 Å². The van der Waals surface area contributed by atoms with Crippen molar-refractivity contribution >= 4 is 62.2 Å². The largest absolute Gasteiger partial charge is 0.493 e. The normalized spacial score (nSPS) is 14.5. The highest BCUT2D eigenvalue weighted by Gasteiger charge is 2.32. The van der Waals surface area contributed by atoms with E-state index in [9.17, 15) is 14.9 Å². The van der Waals surface area contributed by atoms with E-state index in [1.54, 1.807) is 30.3 Å². The number of hydrogen-bond acceptors (Lipinski definition) is 7. The maximum Gasteiger partial charge on any atom is 0.305 e. The van der Waals surface area contributed by atoms with Crippen LogP contribution in [0.15, 0.2) is 45.8 Å². The number of rotatable bonds is 8. The summed E-state index contributed by atoms with van der Waals surface area (Å²) in [5.41, 5.74) is 1.96. The minimum Gasteiger partial charge on any atom is -0.493 e. The van der Waals surface area contributed by atoms with Crippen LogP contribution in [0.25, 0.3) is 6.08 Å². The van der Waals surface area contributed by atoms with Gasteiger partial charge in [0.05, 0.1) is 34.5 Å². The Bertz CT molecular complexity index is 1160. The summed E-state index contributed by atoms with van der Waals surface area (Å²) in [6.07, 6.45) is 1.49. The number of amides is 1. The van der Waals surface area contributed by atoms with Crippen LogP contribution in [-0.2, 0) is 16.2 Å². The van der Waals surface area contributed by atoms with Crippen LogP contribution in [0, 0.1) is 11.3 Å². The van der Waals surface area contributed by atoms with Gasteiger partial charge in [-0.1, -0.05) is 42.2 Å². The molecule has 1 amide bonds. The molecule has 0 saturated carbocycles. The van der Waals surface area contributed by atoms with E-state index in [2.05, 4.69) is 22.0 Å². The molecule has 1 aliphatic rings. The number of carbonyl (C=O) groups is 2. The minimum absolute atomic E-state index is 0.0291. The first-order chi connectivity index (χ1) is 15.3. The van der Waals surface area contributed by atoms with Crippen molar-refractivity contribution in [2.45, 2.75) is 13.0 Å². The van der Waals surface area contributed by atoms with Crippen LogP contribution in [0.2, 0.25) is 0 Å². The summed E-state index contributed by atoms with van der Waals surface area (Å²) in [7, 11) is 1.51. The highest BCUT2D eigenvalue weighted by atomic mass is 79.9. The van der Waals surface area contributed by atoms with Crippen LogP contribution in [-0.4, -0.2) is 39.9 Å². The average molecular weight is 533 g/mol. The fourth-order valence-corrected chi connectivity index (χ4v) is 4.80. The number of carboxylic acid groups (broad SMARTS) is 1. The van der Waals surface area contributed by atoms with Gasteiger partial charge >= 0.3 is 5.97 Å². The maximum atomic E-state index is 12.6. The number of thioether (sulfide) groups is 1. The summed E-state index contributed by atoms with van der Waals surface area (Å²) in [6.45, 7) is 0.210. The van der Waals surface area contributed by atoms with E-state index < -0.39 is 5.97 Å². The van der Waals surface area contributed by atoms with E-state index >= 15 is 0 Å². The van der Waals surface area contributed by atoms with E-state index in [0.717, 1.165) is 17.3 Å². The summed E-state index contributed by atoms with van der Waals surface area (Å²) in [6, 6.07) is 12.8. The van der Waals surface area contributed by atoms with E-state index in [0.29, 0.717) is 36.3 Å². The number of aliphatic carboxylic acids is 1. The summed E-state index contributed by atoms with van der Waals surface area (Å²) in [5.74, 6) is -0.415. The standard InChI is InChI=1S/C22H17BrN2O5S2/c1-29-17-9-13(10-18-21(28)25(22(31)32-18)7-6-19(26)27)8-16(23)20(17)30-12-15-5-3-2-4-14(15)11-24/h2-5,8-10H,6-7,12H2,1H3,(H,26,27)/b18-10+. The van der Waals surface area contributed by atoms with Crippen LogP contribution in [0.4, 0.5) is 0 Å². The quantitative estimate of drug-likeness (QED) is 0.389.